The largest absolute Gasteiger partial charge is 0.507 e. The van der Waals surface area contributed by atoms with Crippen LogP contribution in [0.2, 0.25) is 0 Å². The molecule has 0 radical (unpaired) electrons. The maximum Gasteiger partial charge on any atom is 0.391 e. The van der Waals surface area contributed by atoms with Gasteiger partial charge in [-0.05, 0) is 42.7 Å². The van der Waals surface area contributed by atoms with E-state index in [9.17, 15) is 18.3 Å². The molecule has 5 heteroatoms. The van der Waals surface area contributed by atoms with Crippen molar-refractivity contribution >= 4 is 6.21 Å². The van der Waals surface area contributed by atoms with Crippen LogP contribution >= 0.6 is 0 Å². The van der Waals surface area contributed by atoms with Crippen molar-refractivity contribution in [3.63, 3.8) is 0 Å². The van der Waals surface area contributed by atoms with Gasteiger partial charge >= 0.3 is 6.18 Å². The van der Waals surface area contributed by atoms with Crippen molar-refractivity contribution in [1.29, 1.82) is 0 Å². The number of phenolic OH excluding ortho intramolecular Hbond substituents is 1. The van der Waals surface area contributed by atoms with E-state index in [-0.39, 0.29) is 30.0 Å². The highest BCUT2D eigenvalue weighted by atomic mass is 19.4. The molecule has 0 atom stereocenters. The average molecular weight is 327 g/mol. The van der Waals surface area contributed by atoms with Crippen molar-refractivity contribution in [1.82, 2.24) is 0 Å². The summed E-state index contributed by atoms with van der Waals surface area (Å²) in [7, 11) is 0. The Bertz CT molecular complexity index is 565. The number of halogens is 3. The molecule has 0 aromatic heterocycles. The van der Waals surface area contributed by atoms with Crippen LogP contribution in [0, 0.1) is 5.92 Å². The van der Waals surface area contributed by atoms with Gasteiger partial charge in [-0.1, -0.05) is 32.9 Å². The summed E-state index contributed by atoms with van der Waals surface area (Å²) in [4.78, 5) is 4.40. The Hall–Kier alpha value is -1.52. The molecule has 23 heavy (non-hydrogen) atoms. The van der Waals surface area contributed by atoms with Gasteiger partial charge < -0.3 is 5.11 Å². The van der Waals surface area contributed by atoms with Gasteiger partial charge in [0.2, 0.25) is 0 Å². The fourth-order valence-corrected chi connectivity index (χ4v) is 3.01. The summed E-state index contributed by atoms with van der Waals surface area (Å²) in [6.07, 6.45) is -1.32. The SMILES string of the molecule is CC(C)(C)c1cccc(C=NC2CCC(C(F)(F)F)CC2)c1O. The molecule has 0 aliphatic heterocycles. The highest BCUT2D eigenvalue weighted by Gasteiger charge is 2.41. The van der Waals surface area contributed by atoms with Gasteiger partial charge in [0, 0.05) is 17.8 Å². The minimum Gasteiger partial charge on any atom is -0.507 e. The number of aliphatic imine (C=N–C) groups is 1. The number of para-hydroxylation sites is 1. The fraction of sp³-hybridized carbons (Fsp3) is 0.611. The molecule has 0 heterocycles. The average Bonchev–Trinajstić information content (AvgIpc) is 2.44. The highest BCUT2D eigenvalue weighted by molar-refractivity contribution is 5.84. The minimum absolute atomic E-state index is 0.0914. The van der Waals surface area contributed by atoms with E-state index in [0.29, 0.717) is 18.4 Å². The summed E-state index contributed by atoms with van der Waals surface area (Å²) in [6.45, 7) is 6.05. The molecule has 0 amide bonds. The van der Waals surface area contributed by atoms with Gasteiger partial charge in [-0.2, -0.15) is 13.2 Å². The molecule has 1 aliphatic rings. The van der Waals surface area contributed by atoms with E-state index in [1.807, 2.05) is 32.9 Å². The Morgan fingerprint density at radius 2 is 1.70 bits per heavy atom. The van der Waals surface area contributed by atoms with Crippen LogP contribution in [-0.2, 0) is 5.41 Å². The topological polar surface area (TPSA) is 32.6 Å². The first-order valence-corrected chi connectivity index (χ1v) is 8.01. The minimum atomic E-state index is -4.09. The molecule has 0 unspecified atom stereocenters. The van der Waals surface area contributed by atoms with Crippen LogP contribution in [0.1, 0.15) is 57.6 Å². The van der Waals surface area contributed by atoms with Crippen LogP contribution in [-0.4, -0.2) is 23.5 Å². The summed E-state index contributed by atoms with van der Waals surface area (Å²) in [6, 6.07) is 5.42. The van der Waals surface area contributed by atoms with Gasteiger partial charge in [0.1, 0.15) is 5.75 Å². The van der Waals surface area contributed by atoms with Crippen molar-refractivity contribution < 1.29 is 18.3 Å². The smallest absolute Gasteiger partial charge is 0.391 e. The molecular formula is C18H24F3NO. The van der Waals surface area contributed by atoms with Gasteiger partial charge in [0.25, 0.3) is 0 Å². The maximum atomic E-state index is 12.7. The number of hydrogen-bond acceptors (Lipinski definition) is 2. The van der Waals surface area contributed by atoms with E-state index in [1.165, 1.54) is 0 Å². The fourth-order valence-electron chi connectivity index (χ4n) is 3.01. The number of nitrogens with zero attached hydrogens (tertiary/aromatic N) is 1. The lowest BCUT2D eigenvalue weighted by molar-refractivity contribution is -0.182. The summed E-state index contributed by atoms with van der Waals surface area (Å²) in [5.74, 6) is -0.987. The van der Waals surface area contributed by atoms with Crippen molar-refractivity contribution in [2.75, 3.05) is 0 Å². The Morgan fingerprint density at radius 3 is 2.22 bits per heavy atom. The van der Waals surface area contributed by atoms with Gasteiger partial charge in [0.15, 0.2) is 0 Å². The zero-order valence-electron chi connectivity index (χ0n) is 13.8. The zero-order valence-corrected chi connectivity index (χ0v) is 13.8. The van der Waals surface area contributed by atoms with E-state index in [4.69, 9.17) is 0 Å². The van der Waals surface area contributed by atoms with Crippen LogP contribution in [0.5, 0.6) is 5.75 Å². The quantitative estimate of drug-likeness (QED) is 0.741. The van der Waals surface area contributed by atoms with Crippen molar-refractivity contribution in [3.05, 3.63) is 29.3 Å². The molecule has 2 nitrogen and oxygen atoms in total. The first kappa shape index (κ1) is 17.8. The highest BCUT2D eigenvalue weighted by Crippen LogP contribution is 2.38. The van der Waals surface area contributed by atoms with Gasteiger partial charge in [0.05, 0.1) is 5.92 Å². The monoisotopic (exact) mass is 327 g/mol. The molecule has 1 aromatic carbocycles. The van der Waals surface area contributed by atoms with E-state index < -0.39 is 12.1 Å². The lowest BCUT2D eigenvalue weighted by atomic mass is 9.85. The van der Waals surface area contributed by atoms with Crippen molar-refractivity contribution in [2.45, 2.75) is 64.1 Å². The lowest BCUT2D eigenvalue weighted by Crippen LogP contribution is -2.29. The Labute approximate surface area is 135 Å². The number of hydrogen-bond donors (Lipinski definition) is 1. The third kappa shape index (κ3) is 4.49. The van der Waals surface area contributed by atoms with Gasteiger partial charge in [-0.15, -0.1) is 0 Å². The maximum absolute atomic E-state index is 12.7. The molecule has 0 bridgehead atoms. The summed E-state index contributed by atoms with van der Waals surface area (Å²) < 4.78 is 38.0. The molecule has 1 aromatic rings. The van der Waals surface area contributed by atoms with E-state index in [1.54, 1.807) is 12.3 Å². The predicted octanol–water partition coefficient (Wildman–Crippen LogP) is 5.23. The molecule has 2 rings (SSSR count). The lowest BCUT2D eigenvalue weighted by Gasteiger charge is -2.27. The molecule has 1 fully saturated rings. The molecule has 0 spiro atoms. The second-order valence-corrected chi connectivity index (χ2v) is 7.32. The Balaban J connectivity index is 2.05. The number of alkyl halides is 3. The Kier molecular flexibility index (Phi) is 5.07. The number of rotatable bonds is 2. The van der Waals surface area contributed by atoms with E-state index in [2.05, 4.69) is 4.99 Å². The van der Waals surface area contributed by atoms with Crippen LogP contribution in [0.15, 0.2) is 23.2 Å². The molecule has 128 valence electrons. The van der Waals surface area contributed by atoms with E-state index in [0.717, 1.165) is 5.56 Å². The Morgan fingerprint density at radius 1 is 1.09 bits per heavy atom. The zero-order chi connectivity index (χ0) is 17.3. The van der Waals surface area contributed by atoms with Crippen molar-refractivity contribution in [2.24, 2.45) is 10.9 Å². The summed E-state index contributed by atoms with van der Waals surface area (Å²) in [5, 5.41) is 10.4. The molecular weight excluding hydrogens is 303 g/mol. The summed E-state index contributed by atoms with van der Waals surface area (Å²) in [5.41, 5.74) is 1.27. The number of aromatic hydroxyl groups is 1. The molecule has 0 saturated heterocycles. The summed E-state index contributed by atoms with van der Waals surface area (Å²) >= 11 is 0. The number of benzene rings is 1. The molecule has 1 saturated carbocycles. The predicted molar refractivity (Wildman–Crippen MR) is 86.2 cm³/mol. The van der Waals surface area contributed by atoms with Crippen LogP contribution < -0.4 is 0 Å². The van der Waals surface area contributed by atoms with E-state index >= 15 is 0 Å². The first-order chi connectivity index (χ1) is 10.6. The second-order valence-electron chi connectivity index (χ2n) is 7.32. The normalized spacial score (nSPS) is 23.4. The number of phenols is 1. The second kappa shape index (κ2) is 6.54. The third-order valence-corrected chi connectivity index (χ3v) is 4.46. The third-order valence-electron chi connectivity index (χ3n) is 4.46. The van der Waals surface area contributed by atoms with Gasteiger partial charge in [-0.25, -0.2) is 0 Å². The van der Waals surface area contributed by atoms with Crippen LogP contribution in [0.25, 0.3) is 0 Å². The van der Waals surface area contributed by atoms with Crippen LogP contribution in [0.3, 0.4) is 0 Å². The first-order valence-electron chi connectivity index (χ1n) is 8.01. The van der Waals surface area contributed by atoms with Gasteiger partial charge in [-0.3, -0.25) is 4.99 Å². The molecule has 1 aliphatic carbocycles. The van der Waals surface area contributed by atoms with Crippen molar-refractivity contribution in [3.8, 4) is 5.75 Å². The standard InChI is InChI=1S/C18H24F3NO/c1-17(2,3)15-6-4-5-12(16(15)23)11-22-14-9-7-13(8-10-14)18(19,20)21/h4-6,11,13-14,23H,7-10H2,1-3H3. The molecule has 1 N–H and O–H groups in total. The van der Waals surface area contributed by atoms with Crippen LogP contribution in [0.4, 0.5) is 13.2 Å².